The topological polar surface area (TPSA) is 85.8 Å². The Labute approximate surface area is 208 Å². The first-order chi connectivity index (χ1) is 16.6. The van der Waals surface area contributed by atoms with Crippen molar-refractivity contribution in [1.82, 2.24) is 14.9 Å². The molecule has 1 aromatic heterocycles. The molecule has 186 valence electrons. The van der Waals surface area contributed by atoms with Crippen molar-refractivity contribution in [2.45, 2.75) is 45.3 Å². The number of benzene rings is 2. The fourth-order valence-electron chi connectivity index (χ4n) is 3.79. The summed E-state index contributed by atoms with van der Waals surface area (Å²) in [5.74, 6) is 1.11. The molecule has 1 N–H and O–H groups in total. The molecule has 1 saturated heterocycles. The molecule has 0 bridgehead atoms. The van der Waals surface area contributed by atoms with Crippen molar-refractivity contribution in [2.24, 2.45) is 0 Å². The Bertz CT molecular complexity index is 1230. The molecular weight excluding hydrogens is 475 g/mol. The lowest BCUT2D eigenvalue weighted by molar-refractivity contribution is 0.0124. The van der Waals surface area contributed by atoms with Gasteiger partial charge in [0.15, 0.2) is 11.5 Å². The van der Waals surface area contributed by atoms with Crippen LogP contribution in [0.4, 0.5) is 20.7 Å². The molecule has 1 amide bonds. The number of nitrogens with zero attached hydrogens (tertiary/aromatic N) is 3. The van der Waals surface area contributed by atoms with Crippen LogP contribution in [-0.4, -0.2) is 52.9 Å². The largest absolute Gasteiger partial charge is 0.493 e. The van der Waals surface area contributed by atoms with Gasteiger partial charge < -0.3 is 24.4 Å². The van der Waals surface area contributed by atoms with Gasteiger partial charge in [0, 0.05) is 43.1 Å². The Hall–Kier alpha value is -3.33. The van der Waals surface area contributed by atoms with Gasteiger partial charge in [-0.1, -0.05) is 11.6 Å². The number of amides is 1. The fourth-order valence-corrected chi connectivity index (χ4v) is 3.97. The average Bonchev–Trinajstić information content (AvgIpc) is 2.81. The molecule has 2 aromatic carbocycles. The fraction of sp³-hybridized carbons (Fsp3) is 0.400. The number of carbonyl (C=O) groups excluding carboxylic acids is 1. The van der Waals surface area contributed by atoms with Crippen molar-refractivity contribution in [2.75, 3.05) is 25.5 Å². The number of hydrogen-bond acceptors (Lipinski definition) is 7. The number of rotatable bonds is 5. The molecule has 0 unspecified atom stereocenters. The van der Waals surface area contributed by atoms with Crippen molar-refractivity contribution in [3.8, 4) is 11.5 Å². The molecule has 0 atom stereocenters. The molecule has 0 spiro atoms. The second kappa shape index (κ2) is 10.1. The van der Waals surface area contributed by atoms with Gasteiger partial charge in [-0.05, 0) is 45.0 Å². The minimum Gasteiger partial charge on any atom is -0.493 e. The van der Waals surface area contributed by atoms with Gasteiger partial charge in [-0.25, -0.2) is 19.2 Å². The van der Waals surface area contributed by atoms with Crippen molar-refractivity contribution < 1.29 is 23.4 Å². The van der Waals surface area contributed by atoms with Crippen molar-refractivity contribution >= 4 is 40.1 Å². The standard InChI is InChI=1S/C25H28ClFN4O4/c1-25(2,3)35-24(32)31-9-7-16(8-10-31)34-22-12-17-20(13-21(22)33-4)28-14-29-23(17)30-15-5-6-19(27)18(26)11-15/h5-6,11-14,16H,7-10H2,1-4H3,(H,28,29,30). The van der Waals surface area contributed by atoms with Crippen LogP contribution in [0, 0.1) is 5.82 Å². The highest BCUT2D eigenvalue weighted by Gasteiger charge is 2.28. The number of anilines is 2. The zero-order chi connectivity index (χ0) is 25.2. The maximum Gasteiger partial charge on any atom is 0.410 e. The zero-order valence-corrected chi connectivity index (χ0v) is 20.9. The first-order valence-corrected chi connectivity index (χ1v) is 11.7. The van der Waals surface area contributed by atoms with Gasteiger partial charge in [-0.15, -0.1) is 0 Å². The van der Waals surface area contributed by atoms with E-state index in [0.29, 0.717) is 59.8 Å². The summed E-state index contributed by atoms with van der Waals surface area (Å²) in [5.41, 5.74) is 0.708. The maximum absolute atomic E-state index is 13.5. The van der Waals surface area contributed by atoms with Gasteiger partial charge in [-0.3, -0.25) is 0 Å². The average molecular weight is 503 g/mol. The zero-order valence-electron chi connectivity index (χ0n) is 20.1. The molecule has 35 heavy (non-hydrogen) atoms. The first kappa shape index (κ1) is 24.8. The SMILES string of the molecule is COc1cc2ncnc(Nc3ccc(F)c(Cl)c3)c2cc1OC1CCN(C(=O)OC(C)(C)C)CC1. The summed E-state index contributed by atoms with van der Waals surface area (Å²) in [6.45, 7) is 6.63. The molecule has 0 saturated carbocycles. The third-order valence-corrected chi connectivity index (χ3v) is 5.78. The predicted molar refractivity (Wildman–Crippen MR) is 132 cm³/mol. The number of methoxy groups -OCH3 is 1. The molecule has 4 rings (SSSR count). The second-order valence-corrected chi connectivity index (χ2v) is 9.69. The van der Waals surface area contributed by atoms with E-state index in [1.165, 1.54) is 18.5 Å². The van der Waals surface area contributed by atoms with E-state index in [4.69, 9.17) is 25.8 Å². The smallest absolute Gasteiger partial charge is 0.410 e. The number of hydrogen-bond donors (Lipinski definition) is 1. The van der Waals surface area contributed by atoms with E-state index in [9.17, 15) is 9.18 Å². The van der Waals surface area contributed by atoms with Crippen LogP contribution in [0.5, 0.6) is 11.5 Å². The highest BCUT2D eigenvalue weighted by molar-refractivity contribution is 6.31. The summed E-state index contributed by atoms with van der Waals surface area (Å²) in [4.78, 5) is 22.7. The third kappa shape index (κ3) is 6.03. The summed E-state index contributed by atoms with van der Waals surface area (Å²) in [6.07, 6.45) is 2.34. The summed E-state index contributed by atoms with van der Waals surface area (Å²) in [7, 11) is 1.57. The minimum atomic E-state index is -0.532. The number of likely N-dealkylation sites (tertiary alicyclic amines) is 1. The summed E-state index contributed by atoms with van der Waals surface area (Å²) < 4.78 is 30.9. The Balaban J connectivity index is 1.52. The van der Waals surface area contributed by atoms with Crippen molar-refractivity contribution in [3.05, 3.63) is 47.5 Å². The number of carbonyl (C=O) groups is 1. The lowest BCUT2D eigenvalue weighted by atomic mass is 10.1. The molecular formula is C25H28ClFN4O4. The van der Waals surface area contributed by atoms with E-state index in [2.05, 4.69) is 15.3 Å². The van der Waals surface area contributed by atoms with E-state index in [1.54, 1.807) is 24.1 Å². The summed E-state index contributed by atoms with van der Waals surface area (Å²) >= 11 is 5.92. The summed E-state index contributed by atoms with van der Waals surface area (Å²) in [5, 5.41) is 3.88. The Morgan fingerprint density at radius 1 is 1.14 bits per heavy atom. The quantitative estimate of drug-likeness (QED) is 0.461. The molecule has 1 aliphatic heterocycles. The van der Waals surface area contributed by atoms with Crippen LogP contribution >= 0.6 is 11.6 Å². The van der Waals surface area contributed by atoms with Crippen LogP contribution in [0.1, 0.15) is 33.6 Å². The molecule has 10 heteroatoms. The van der Waals surface area contributed by atoms with Gasteiger partial charge in [0.1, 0.15) is 29.7 Å². The van der Waals surface area contributed by atoms with Gasteiger partial charge in [-0.2, -0.15) is 0 Å². The van der Waals surface area contributed by atoms with Crippen LogP contribution in [0.2, 0.25) is 5.02 Å². The van der Waals surface area contributed by atoms with Crippen LogP contribution in [0.15, 0.2) is 36.7 Å². The van der Waals surface area contributed by atoms with Crippen LogP contribution < -0.4 is 14.8 Å². The van der Waals surface area contributed by atoms with E-state index in [-0.39, 0.29) is 17.2 Å². The van der Waals surface area contributed by atoms with Gasteiger partial charge >= 0.3 is 6.09 Å². The van der Waals surface area contributed by atoms with Gasteiger partial charge in [0.2, 0.25) is 0 Å². The highest BCUT2D eigenvalue weighted by Crippen LogP contribution is 2.36. The minimum absolute atomic E-state index is 0.0109. The van der Waals surface area contributed by atoms with Crippen molar-refractivity contribution in [3.63, 3.8) is 0 Å². The number of ether oxygens (including phenoxy) is 3. The molecule has 0 radical (unpaired) electrons. The Morgan fingerprint density at radius 2 is 1.89 bits per heavy atom. The van der Waals surface area contributed by atoms with Gasteiger partial charge in [0.05, 0.1) is 17.6 Å². The molecule has 1 fully saturated rings. The number of fused-ring (bicyclic) bond motifs is 1. The number of halogens is 2. The van der Waals surface area contributed by atoms with E-state index in [0.717, 1.165) is 0 Å². The van der Waals surface area contributed by atoms with Crippen molar-refractivity contribution in [1.29, 1.82) is 0 Å². The third-order valence-electron chi connectivity index (χ3n) is 5.49. The predicted octanol–water partition coefficient (Wildman–Crippen LogP) is 5.95. The van der Waals surface area contributed by atoms with E-state index >= 15 is 0 Å². The van der Waals surface area contributed by atoms with Crippen LogP contribution in [0.25, 0.3) is 10.9 Å². The normalized spacial score (nSPS) is 14.6. The maximum atomic E-state index is 13.5. The molecule has 0 aliphatic carbocycles. The second-order valence-electron chi connectivity index (χ2n) is 9.28. The number of nitrogens with one attached hydrogen (secondary N) is 1. The lowest BCUT2D eigenvalue weighted by Crippen LogP contribution is -2.44. The molecule has 2 heterocycles. The Morgan fingerprint density at radius 3 is 2.54 bits per heavy atom. The van der Waals surface area contributed by atoms with Crippen LogP contribution in [0.3, 0.4) is 0 Å². The Kier molecular flexibility index (Phi) is 7.16. The number of piperidine rings is 1. The summed E-state index contributed by atoms with van der Waals surface area (Å²) in [6, 6.07) is 7.96. The molecule has 8 nitrogen and oxygen atoms in total. The molecule has 3 aromatic rings. The molecule has 1 aliphatic rings. The lowest BCUT2D eigenvalue weighted by Gasteiger charge is -2.33. The number of aromatic nitrogens is 2. The van der Waals surface area contributed by atoms with E-state index in [1.807, 2.05) is 26.8 Å². The monoisotopic (exact) mass is 502 g/mol. The highest BCUT2D eigenvalue weighted by atomic mass is 35.5. The van der Waals surface area contributed by atoms with Gasteiger partial charge in [0.25, 0.3) is 0 Å². The van der Waals surface area contributed by atoms with Crippen LogP contribution in [-0.2, 0) is 4.74 Å². The first-order valence-electron chi connectivity index (χ1n) is 11.3. The van der Waals surface area contributed by atoms with E-state index < -0.39 is 11.4 Å².